The van der Waals surface area contributed by atoms with Crippen molar-refractivity contribution in [2.24, 2.45) is 0 Å². The molecule has 1 atom stereocenters. The number of carbonyl (C=O) groups is 2. The standard InChI is InChI=1S/C10H14N4O5S/c1-20(18,19)6-3-7(8(15)16)13-10(17)14-9-11-4-2-5-12-9/h2,4-5,7H,3,6H2,1H3,(H,15,16)(H2,11,12,13,14,17). The van der Waals surface area contributed by atoms with Crippen LogP contribution in [0.15, 0.2) is 18.5 Å². The molecule has 0 fully saturated rings. The summed E-state index contributed by atoms with van der Waals surface area (Å²) in [5.74, 6) is -1.65. The minimum atomic E-state index is -3.31. The Balaban J connectivity index is 2.57. The van der Waals surface area contributed by atoms with Gasteiger partial charge in [-0.25, -0.2) is 28.0 Å². The van der Waals surface area contributed by atoms with Crippen LogP contribution in [-0.4, -0.2) is 53.5 Å². The highest BCUT2D eigenvalue weighted by Gasteiger charge is 2.21. The average molecular weight is 302 g/mol. The first-order chi connectivity index (χ1) is 9.28. The second-order valence-electron chi connectivity index (χ2n) is 3.98. The molecule has 0 aromatic carbocycles. The molecule has 1 unspecified atom stereocenters. The van der Waals surface area contributed by atoms with Gasteiger partial charge in [0.25, 0.3) is 0 Å². The maximum atomic E-state index is 11.5. The van der Waals surface area contributed by atoms with Crippen LogP contribution in [0, 0.1) is 0 Å². The Hall–Kier alpha value is -2.23. The molecule has 1 heterocycles. The largest absolute Gasteiger partial charge is 0.480 e. The number of aromatic nitrogens is 2. The van der Waals surface area contributed by atoms with Gasteiger partial charge in [0.1, 0.15) is 15.9 Å². The van der Waals surface area contributed by atoms with Crippen molar-refractivity contribution in [3.63, 3.8) is 0 Å². The molecule has 10 heteroatoms. The minimum Gasteiger partial charge on any atom is -0.480 e. The normalized spacial score (nSPS) is 12.4. The van der Waals surface area contributed by atoms with Gasteiger partial charge in [0.2, 0.25) is 5.95 Å². The van der Waals surface area contributed by atoms with Crippen molar-refractivity contribution in [3.05, 3.63) is 18.5 Å². The number of carboxylic acids is 1. The Morgan fingerprint density at radius 1 is 1.35 bits per heavy atom. The lowest BCUT2D eigenvalue weighted by molar-refractivity contribution is -0.139. The van der Waals surface area contributed by atoms with Crippen LogP contribution in [0.2, 0.25) is 0 Å². The second kappa shape index (κ2) is 6.80. The van der Waals surface area contributed by atoms with Gasteiger partial charge in [-0.05, 0) is 12.5 Å². The van der Waals surface area contributed by atoms with E-state index in [9.17, 15) is 18.0 Å². The zero-order valence-corrected chi connectivity index (χ0v) is 11.4. The fraction of sp³-hybridized carbons (Fsp3) is 0.400. The summed E-state index contributed by atoms with van der Waals surface area (Å²) >= 11 is 0. The number of anilines is 1. The molecule has 0 saturated heterocycles. The van der Waals surface area contributed by atoms with Crippen LogP contribution in [0.1, 0.15) is 6.42 Å². The molecular weight excluding hydrogens is 288 g/mol. The van der Waals surface area contributed by atoms with E-state index in [4.69, 9.17) is 5.11 Å². The predicted octanol–water partition coefficient (Wildman–Crippen LogP) is -0.514. The average Bonchev–Trinajstić information content (AvgIpc) is 2.34. The number of nitrogens with one attached hydrogen (secondary N) is 2. The van der Waals surface area contributed by atoms with Gasteiger partial charge in [0.15, 0.2) is 0 Å². The molecule has 2 amide bonds. The molecule has 0 spiro atoms. The summed E-state index contributed by atoms with van der Waals surface area (Å²) in [6.07, 6.45) is 3.57. The monoisotopic (exact) mass is 302 g/mol. The summed E-state index contributed by atoms with van der Waals surface area (Å²) in [7, 11) is -3.31. The van der Waals surface area contributed by atoms with E-state index in [0.717, 1.165) is 6.26 Å². The van der Waals surface area contributed by atoms with Crippen molar-refractivity contribution in [1.29, 1.82) is 0 Å². The summed E-state index contributed by atoms with van der Waals surface area (Å²) in [5.41, 5.74) is 0. The molecule has 1 aromatic rings. The number of hydrogen-bond donors (Lipinski definition) is 3. The number of sulfone groups is 1. The first-order valence-corrected chi connectivity index (χ1v) is 7.59. The highest BCUT2D eigenvalue weighted by atomic mass is 32.2. The van der Waals surface area contributed by atoms with Crippen LogP contribution in [0.5, 0.6) is 0 Å². The number of carboxylic acid groups (broad SMARTS) is 1. The van der Waals surface area contributed by atoms with Crippen molar-refractivity contribution in [2.75, 3.05) is 17.3 Å². The number of aliphatic carboxylic acids is 1. The third-order valence-corrected chi connectivity index (χ3v) is 3.15. The molecule has 0 aliphatic heterocycles. The van der Waals surface area contributed by atoms with Crippen LogP contribution in [-0.2, 0) is 14.6 Å². The summed E-state index contributed by atoms with van der Waals surface area (Å²) in [4.78, 5) is 29.9. The molecule has 9 nitrogen and oxygen atoms in total. The van der Waals surface area contributed by atoms with E-state index >= 15 is 0 Å². The fourth-order valence-electron chi connectivity index (χ4n) is 1.25. The summed E-state index contributed by atoms with van der Waals surface area (Å²) in [5, 5.41) is 13.3. The number of hydrogen-bond acceptors (Lipinski definition) is 6. The molecule has 20 heavy (non-hydrogen) atoms. The number of carbonyl (C=O) groups excluding carboxylic acids is 1. The van der Waals surface area contributed by atoms with Gasteiger partial charge in [-0.3, -0.25) is 5.32 Å². The smallest absolute Gasteiger partial charge is 0.326 e. The Labute approximate surface area is 115 Å². The Kier molecular flexibility index (Phi) is 5.38. The van der Waals surface area contributed by atoms with Gasteiger partial charge < -0.3 is 10.4 Å². The maximum Gasteiger partial charge on any atom is 0.326 e. The lowest BCUT2D eigenvalue weighted by Gasteiger charge is -2.14. The Morgan fingerprint density at radius 2 is 1.95 bits per heavy atom. The fourth-order valence-corrected chi connectivity index (χ4v) is 1.91. The molecule has 110 valence electrons. The predicted molar refractivity (Wildman–Crippen MR) is 69.9 cm³/mol. The van der Waals surface area contributed by atoms with Crippen molar-refractivity contribution >= 4 is 27.8 Å². The zero-order valence-electron chi connectivity index (χ0n) is 10.6. The van der Waals surface area contributed by atoms with Crippen molar-refractivity contribution in [3.8, 4) is 0 Å². The highest BCUT2D eigenvalue weighted by molar-refractivity contribution is 7.90. The van der Waals surface area contributed by atoms with Crippen LogP contribution in [0.4, 0.5) is 10.7 Å². The lowest BCUT2D eigenvalue weighted by atomic mass is 10.2. The maximum absolute atomic E-state index is 11.5. The van der Waals surface area contributed by atoms with Gasteiger partial charge in [-0.1, -0.05) is 0 Å². The van der Waals surface area contributed by atoms with Gasteiger partial charge in [0.05, 0.1) is 5.75 Å². The first-order valence-electron chi connectivity index (χ1n) is 5.53. The third kappa shape index (κ3) is 6.09. The number of urea groups is 1. The van der Waals surface area contributed by atoms with Gasteiger partial charge in [-0.2, -0.15) is 0 Å². The third-order valence-electron chi connectivity index (χ3n) is 2.17. The van der Waals surface area contributed by atoms with E-state index < -0.39 is 27.9 Å². The molecule has 1 aromatic heterocycles. The topological polar surface area (TPSA) is 138 Å². The molecule has 0 saturated carbocycles. The van der Waals surface area contributed by atoms with Gasteiger partial charge in [0, 0.05) is 18.6 Å². The van der Waals surface area contributed by atoms with Crippen molar-refractivity contribution in [1.82, 2.24) is 15.3 Å². The molecule has 3 N–H and O–H groups in total. The van der Waals surface area contributed by atoms with Crippen molar-refractivity contribution < 1.29 is 23.1 Å². The number of nitrogens with zero attached hydrogens (tertiary/aromatic N) is 2. The second-order valence-corrected chi connectivity index (χ2v) is 6.24. The van der Waals surface area contributed by atoms with E-state index in [1.165, 1.54) is 12.4 Å². The zero-order chi connectivity index (χ0) is 15.2. The van der Waals surface area contributed by atoms with Crippen LogP contribution in [0.3, 0.4) is 0 Å². The molecule has 0 radical (unpaired) electrons. The molecule has 1 rings (SSSR count). The summed E-state index contributed by atoms with van der Waals surface area (Å²) < 4.78 is 22.0. The van der Waals surface area contributed by atoms with E-state index in [1.54, 1.807) is 6.07 Å². The van der Waals surface area contributed by atoms with E-state index in [1.807, 2.05) is 0 Å². The van der Waals surface area contributed by atoms with Gasteiger partial charge in [-0.15, -0.1) is 0 Å². The van der Waals surface area contributed by atoms with Gasteiger partial charge >= 0.3 is 12.0 Å². The molecular formula is C10H14N4O5S. The molecule has 0 aliphatic rings. The van der Waals surface area contributed by atoms with Crippen LogP contribution < -0.4 is 10.6 Å². The first kappa shape index (κ1) is 15.8. The van der Waals surface area contributed by atoms with Crippen LogP contribution >= 0.6 is 0 Å². The summed E-state index contributed by atoms with van der Waals surface area (Å²) in [6.45, 7) is 0. The quantitative estimate of drug-likeness (QED) is 0.643. The summed E-state index contributed by atoms with van der Waals surface area (Å²) in [6, 6.07) is -0.583. The molecule has 0 bridgehead atoms. The lowest BCUT2D eigenvalue weighted by Crippen LogP contribution is -2.44. The Bertz CT molecular complexity index is 575. The number of amides is 2. The van der Waals surface area contributed by atoms with E-state index in [-0.39, 0.29) is 18.1 Å². The molecule has 0 aliphatic carbocycles. The SMILES string of the molecule is CS(=O)(=O)CCC(NC(=O)Nc1ncccn1)C(=O)O. The van der Waals surface area contributed by atoms with E-state index in [0.29, 0.717) is 0 Å². The number of rotatable bonds is 6. The van der Waals surface area contributed by atoms with Crippen molar-refractivity contribution in [2.45, 2.75) is 12.5 Å². The van der Waals surface area contributed by atoms with E-state index in [2.05, 4.69) is 20.6 Å². The Morgan fingerprint density at radius 3 is 2.45 bits per heavy atom. The highest BCUT2D eigenvalue weighted by Crippen LogP contribution is 1.99. The minimum absolute atomic E-state index is 0.0113. The van der Waals surface area contributed by atoms with Crippen LogP contribution in [0.25, 0.3) is 0 Å².